The summed E-state index contributed by atoms with van der Waals surface area (Å²) in [6.45, 7) is 5.60. The Hall–Kier alpha value is -3.13. The number of methoxy groups -OCH3 is 1. The van der Waals surface area contributed by atoms with Crippen molar-refractivity contribution in [2.45, 2.75) is 51.6 Å². The number of aliphatic imine (C=N–C) groups is 1. The number of esters is 1. The summed E-state index contributed by atoms with van der Waals surface area (Å²) in [4.78, 5) is 32.0. The van der Waals surface area contributed by atoms with Gasteiger partial charge in [0.05, 0.1) is 13.2 Å². The summed E-state index contributed by atoms with van der Waals surface area (Å²) < 4.78 is 22.8. The predicted octanol–water partition coefficient (Wildman–Crippen LogP) is 5.71. The fraction of sp³-hybridized carbons (Fsp3) is 0.393. The van der Waals surface area contributed by atoms with Gasteiger partial charge >= 0.3 is 5.97 Å². The Morgan fingerprint density at radius 2 is 1.81 bits per heavy atom. The first kappa shape index (κ1) is 24.6. The zero-order valence-corrected chi connectivity index (χ0v) is 22.3. The molecule has 188 valence electrons. The highest BCUT2D eigenvalue weighted by Gasteiger charge is 2.46. The molecule has 36 heavy (non-hydrogen) atoms. The molecule has 0 radical (unpaired) electrons. The Bertz CT molecular complexity index is 1280. The molecule has 7 nitrogen and oxygen atoms in total. The summed E-state index contributed by atoms with van der Waals surface area (Å²) in [5, 5.41) is 0. The van der Waals surface area contributed by atoms with E-state index in [1.165, 1.54) is 0 Å². The van der Waals surface area contributed by atoms with Gasteiger partial charge in [-0.05, 0) is 68.5 Å². The number of hydrogen-bond acceptors (Lipinski definition) is 7. The average Bonchev–Trinajstić information content (AvgIpc) is 3.29. The second kappa shape index (κ2) is 9.73. The average molecular weight is 554 g/mol. The first-order valence-corrected chi connectivity index (χ1v) is 12.8. The van der Waals surface area contributed by atoms with Crippen LogP contribution in [0.2, 0.25) is 0 Å². The number of fused-ring (bicyclic) bond motifs is 1. The Morgan fingerprint density at radius 1 is 1.11 bits per heavy atom. The summed E-state index contributed by atoms with van der Waals surface area (Å²) in [5.74, 6) is 0.317. The van der Waals surface area contributed by atoms with Gasteiger partial charge < -0.3 is 18.9 Å². The van der Waals surface area contributed by atoms with E-state index >= 15 is 0 Å². The molecular weight excluding hydrogens is 526 g/mol. The van der Waals surface area contributed by atoms with Gasteiger partial charge in [0, 0.05) is 33.8 Å². The largest absolute Gasteiger partial charge is 0.497 e. The zero-order valence-electron chi connectivity index (χ0n) is 20.7. The zero-order chi connectivity index (χ0) is 25.6. The molecule has 2 heterocycles. The van der Waals surface area contributed by atoms with Gasteiger partial charge in [-0.25, -0.2) is 0 Å². The number of ether oxygens (including phenoxy) is 4. The molecule has 0 spiro atoms. The van der Waals surface area contributed by atoms with E-state index in [9.17, 15) is 9.59 Å². The van der Waals surface area contributed by atoms with Crippen LogP contribution in [0.15, 0.2) is 57.1 Å². The lowest BCUT2D eigenvalue weighted by Crippen LogP contribution is -2.39. The van der Waals surface area contributed by atoms with E-state index in [1.807, 2.05) is 57.2 Å². The number of nitrogens with zero attached hydrogens (tertiary/aromatic N) is 1. The number of carbonyl (C=O) groups is 2. The Labute approximate surface area is 218 Å². The molecule has 0 N–H and O–H groups in total. The minimum atomic E-state index is -0.718. The van der Waals surface area contributed by atoms with E-state index in [0.717, 1.165) is 27.0 Å². The van der Waals surface area contributed by atoms with Crippen molar-refractivity contribution in [3.8, 4) is 17.2 Å². The van der Waals surface area contributed by atoms with Crippen LogP contribution in [-0.4, -0.2) is 37.5 Å². The van der Waals surface area contributed by atoms with E-state index < -0.39 is 17.8 Å². The van der Waals surface area contributed by atoms with Gasteiger partial charge in [0.1, 0.15) is 11.7 Å². The first-order valence-electron chi connectivity index (χ1n) is 12.0. The highest BCUT2D eigenvalue weighted by Crippen LogP contribution is 2.50. The monoisotopic (exact) mass is 553 g/mol. The van der Waals surface area contributed by atoms with Gasteiger partial charge in [0.15, 0.2) is 17.3 Å². The van der Waals surface area contributed by atoms with Gasteiger partial charge in [-0.3, -0.25) is 14.6 Å². The maximum absolute atomic E-state index is 13.8. The normalized spacial score (nSPS) is 22.9. The van der Waals surface area contributed by atoms with Crippen molar-refractivity contribution in [3.63, 3.8) is 0 Å². The van der Waals surface area contributed by atoms with Crippen LogP contribution >= 0.6 is 15.9 Å². The van der Waals surface area contributed by atoms with Crippen LogP contribution in [0.3, 0.4) is 0 Å². The van der Waals surface area contributed by atoms with Gasteiger partial charge in [0.25, 0.3) is 0 Å². The van der Waals surface area contributed by atoms with Crippen molar-refractivity contribution in [1.82, 2.24) is 0 Å². The highest BCUT2D eigenvalue weighted by molar-refractivity contribution is 9.10. The third kappa shape index (κ3) is 4.43. The van der Waals surface area contributed by atoms with Gasteiger partial charge in [-0.2, -0.15) is 0 Å². The van der Waals surface area contributed by atoms with Crippen molar-refractivity contribution in [3.05, 3.63) is 63.3 Å². The smallest absolute Gasteiger partial charge is 0.315 e. The maximum Gasteiger partial charge on any atom is 0.315 e. The van der Waals surface area contributed by atoms with Crippen LogP contribution in [0.4, 0.5) is 0 Å². The fourth-order valence-electron chi connectivity index (χ4n) is 5.29. The third-order valence-electron chi connectivity index (χ3n) is 6.91. The number of carbonyl (C=O) groups excluding carboxylic acids is 2. The van der Waals surface area contributed by atoms with Crippen LogP contribution in [0.1, 0.15) is 56.6 Å². The summed E-state index contributed by atoms with van der Waals surface area (Å²) in [6, 6.07) is 11.5. The number of hydrogen-bond donors (Lipinski definition) is 0. The molecule has 8 heteroatoms. The van der Waals surface area contributed by atoms with Crippen molar-refractivity contribution in [2.24, 2.45) is 10.9 Å². The summed E-state index contributed by atoms with van der Waals surface area (Å²) >= 11 is 3.66. The Kier molecular flexibility index (Phi) is 6.64. The molecule has 0 saturated carbocycles. The van der Waals surface area contributed by atoms with Crippen molar-refractivity contribution >= 4 is 33.4 Å². The molecule has 1 aliphatic carbocycles. The Balaban J connectivity index is 1.60. The quantitative estimate of drug-likeness (QED) is 0.441. The minimum Gasteiger partial charge on any atom is -0.497 e. The second-order valence-electron chi connectivity index (χ2n) is 9.58. The van der Waals surface area contributed by atoms with Gasteiger partial charge in [-0.15, -0.1) is 0 Å². The topological polar surface area (TPSA) is 83.4 Å². The molecule has 0 fully saturated rings. The van der Waals surface area contributed by atoms with Gasteiger partial charge in [0.2, 0.25) is 6.79 Å². The number of rotatable bonds is 5. The van der Waals surface area contributed by atoms with Crippen LogP contribution in [0, 0.1) is 5.92 Å². The van der Waals surface area contributed by atoms with E-state index in [-0.39, 0.29) is 24.6 Å². The van der Waals surface area contributed by atoms with E-state index in [2.05, 4.69) is 15.9 Å². The highest BCUT2D eigenvalue weighted by atomic mass is 79.9. The maximum atomic E-state index is 13.8. The first-order chi connectivity index (χ1) is 17.3. The summed E-state index contributed by atoms with van der Waals surface area (Å²) in [5.41, 5.74) is 3.79. The van der Waals surface area contributed by atoms with E-state index in [4.69, 9.17) is 23.9 Å². The Morgan fingerprint density at radius 3 is 2.47 bits per heavy atom. The van der Waals surface area contributed by atoms with Crippen LogP contribution in [0.5, 0.6) is 17.2 Å². The lowest BCUT2D eigenvalue weighted by atomic mass is 9.69. The minimum absolute atomic E-state index is 0.00119. The molecule has 2 aromatic carbocycles. The number of Topliss-reactive ketones (excluding diaryl/α,β-unsaturated/α-hetero) is 1. The lowest BCUT2D eigenvalue weighted by molar-refractivity contribution is -0.150. The molecule has 3 atom stereocenters. The molecule has 3 aliphatic rings. The second-order valence-corrected chi connectivity index (χ2v) is 10.4. The van der Waals surface area contributed by atoms with Gasteiger partial charge in [-0.1, -0.05) is 28.1 Å². The van der Waals surface area contributed by atoms with Crippen LogP contribution in [0.25, 0.3) is 0 Å². The predicted molar refractivity (Wildman–Crippen MR) is 138 cm³/mol. The number of allylic oxidation sites excluding steroid dienone is 2. The van der Waals surface area contributed by atoms with Crippen LogP contribution in [-0.2, 0) is 14.3 Å². The molecule has 0 bridgehead atoms. The summed E-state index contributed by atoms with van der Waals surface area (Å²) in [7, 11) is 1.63. The fourth-order valence-corrected chi connectivity index (χ4v) is 5.86. The molecule has 0 saturated heterocycles. The molecule has 0 amide bonds. The molecule has 1 unspecified atom stereocenters. The summed E-state index contributed by atoms with van der Waals surface area (Å²) in [6.07, 6.45) is 0.655. The number of ketones is 1. The van der Waals surface area contributed by atoms with E-state index in [0.29, 0.717) is 35.6 Å². The molecule has 2 aliphatic heterocycles. The standard InChI is InChI=1S/C28H28BrNO6/c1-14(2)36-28(32)25-15(3)30-21-9-17(16-5-7-18(33-4)8-6-16)10-22(31)27(21)26(25)19-11-23-24(12-20(19)29)35-13-34-23/h5-8,11-12,14,17,25-26H,9-10,13H2,1-4H3/t17-,25?,26+/m0/s1. The molecule has 0 aromatic heterocycles. The van der Waals surface area contributed by atoms with Crippen molar-refractivity contribution in [1.29, 1.82) is 0 Å². The number of benzene rings is 2. The lowest BCUT2D eigenvalue weighted by Gasteiger charge is -2.37. The van der Waals surface area contributed by atoms with Crippen LogP contribution < -0.4 is 14.2 Å². The van der Waals surface area contributed by atoms with Crippen molar-refractivity contribution in [2.75, 3.05) is 13.9 Å². The molecular formula is C28H28BrNO6. The SMILES string of the molecule is COc1ccc([C@@H]2CC(=O)C3=C(C2)N=C(C)C(C(=O)OC(C)C)[C@H]3c2cc3c(cc2Br)OCO3)cc1. The van der Waals surface area contributed by atoms with Crippen molar-refractivity contribution < 1.29 is 28.5 Å². The van der Waals surface area contributed by atoms with E-state index in [1.54, 1.807) is 7.11 Å². The third-order valence-corrected chi connectivity index (χ3v) is 7.60. The molecule has 5 rings (SSSR count). The molecule has 2 aromatic rings. The number of halogens is 1.